The summed E-state index contributed by atoms with van der Waals surface area (Å²) in [5.41, 5.74) is 0.138. The van der Waals surface area contributed by atoms with E-state index in [0.717, 1.165) is 19.5 Å². The number of carbonyl (C=O) groups excluding carboxylic acids is 1. The minimum absolute atomic E-state index is 0.138. The van der Waals surface area contributed by atoms with Crippen molar-refractivity contribution in [2.24, 2.45) is 5.41 Å². The van der Waals surface area contributed by atoms with Gasteiger partial charge in [0.15, 0.2) is 0 Å². The van der Waals surface area contributed by atoms with Crippen molar-refractivity contribution in [2.75, 3.05) is 33.7 Å². The average molecular weight is 227 g/mol. The van der Waals surface area contributed by atoms with Crippen molar-refractivity contribution < 1.29 is 4.79 Å². The fraction of sp³-hybridized carbons (Fsp3) is 0.917. The first kappa shape index (κ1) is 13.5. The van der Waals surface area contributed by atoms with Gasteiger partial charge in [0, 0.05) is 13.1 Å². The molecule has 0 saturated carbocycles. The summed E-state index contributed by atoms with van der Waals surface area (Å²) in [6.07, 6.45) is 1.21. The van der Waals surface area contributed by atoms with Crippen molar-refractivity contribution in [2.45, 2.75) is 33.4 Å². The highest BCUT2D eigenvalue weighted by atomic mass is 16.2. The molecule has 0 aliphatic carbocycles. The Hall–Kier alpha value is -0.610. The molecule has 1 aliphatic rings. The van der Waals surface area contributed by atoms with E-state index >= 15 is 0 Å². The van der Waals surface area contributed by atoms with Gasteiger partial charge in [-0.25, -0.2) is 0 Å². The molecule has 0 aromatic heterocycles. The van der Waals surface area contributed by atoms with E-state index in [1.807, 2.05) is 4.90 Å². The van der Waals surface area contributed by atoms with Crippen molar-refractivity contribution in [1.29, 1.82) is 0 Å². The van der Waals surface area contributed by atoms with Crippen LogP contribution in [0.15, 0.2) is 0 Å². The van der Waals surface area contributed by atoms with Crippen molar-refractivity contribution in [3.8, 4) is 0 Å². The maximum atomic E-state index is 11.8. The maximum absolute atomic E-state index is 11.8. The van der Waals surface area contributed by atoms with Crippen LogP contribution in [0.1, 0.15) is 27.2 Å². The van der Waals surface area contributed by atoms with Crippen LogP contribution in [0.4, 0.5) is 0 Å². The summed E-state index contributed by atoms with van der Waals surface area (Å²) >= 11 is 0. The van der Waals surface area contributed by atoms with E-state index in [1.54, 1.807) is 0 Å². The third-order valence-electron chi connectivity index (χ3n) is 2.91. The minimum atomic E-state index is 0.138. The summed E-state index contributed by atoms with van der Waals surface area (Å²) < 4.78 is 0. The van der Waals surface area contributed by atoms with Crippen LogP contribution in [0.5, 0.6) is 0 Å². The van der Waals surface area contributed by atoms with Gasteiger partial charge in [-0.1, -0.05) is 20.8 Å². The van der Waals surface area contributed by atoms with E-state index < -0.39 is 0 Å². The van der Waals surface area contributed by atoms with Crippen molar-refractivity contribution in [1.82, 2.24) is 15.1 Å². The summed E-state index contributed by atoms with van der Waals surface area (Å²) in [4.78, 5) is 15.9. The standard InChI is InChI=1S/C12H25N3O/c1-6-10-13-7-11(16)15(10)9-12(2,3)8-14(4)5/h10,13H,6-9H2,1-5H3. The molecule has 1 N–H and O–H groups in total. The van der Waals surface area contributed by atoms with Gasteiger partial charge in [-0.3, -0.25) is 10.1 Å². The second-order valence-electron chi connectivity index (χ2n) is 5.73. The third-order valence-corrected chi connectivity index (χ3v) is 2.91. The summed E-state index contributed by atoms with van der Waals surface area (Å²) in [6.45, 7) is 8.86. The number of amides is 1. The van der Waals surface area contributed by atoms with Gasteiger partial charge in [-0.15, -0.1) is 0 Å². The largest absolute Gasteiger partial charge is 0.325 e. The van der Waals surface area contributed by atoms with E-state index in [-0.39, 0.29) is 17.5 Å². The second-order valence-corrected chi connectivity index (χ2v) is 5.73. The molecule has 1 atom stereocenters. The molecule has 1 saturated heterocycles. The fourth-order valence-corrected chi connectivity index (χ4v) is 2.52. The number of nitrogens with zero attached hydrogens (tertiary/aromatic N) is 2. The Balaban J connectivity index is 2.60. The van der Waals surface area contributed by atoms with Gasteiger partial charge in [-0.05, 0) is 25.9 Å². The molecule has 0 bridgehead atoms. The van der Waals surface area contributed by atoms with Crippen LogP contribution in [0, 0.1) is 5.41 Å². The molecule has 0 aromatic carbocycles. The fourth-order valence-electron chi connectivity index (χ4n) is 2.52. The monoisotopic (exact) mass is 227 g/mol. The zero-order valence-electron chi connectivity index (χ0n) is 11.2. The highest BCUT2D eigenvalue weighted by molar-refractivity contribution is 5.80. The van der Waals surface area contributed by atoms with E-state index in [4.69, 9.17) is 0 Å². The summed E-state index contributed by atoms with van der Waals surface area (Å²) in [7, 11) is 4.15. The molecule has 0 aromatic rings. The topological polar surface area (TPSA) is 35.6 Å². The number of rotatable bonds is 5. The second kappa shape index (κ2) is 5.15. The van der Waals surface area contributed by atoms with Crippen LogP contribution < -0.4 is 5.32 Å². The molecule has 4 heteroatoms. The van der Waals surface area contributed by atoms with Gasteiger partial charge in [0.25, 0.3) is 0 Å². The molecular weight excluding hydrogens is 202 g/mol. The lowest BCUT2D eigenvalue weighted by atomic mass is 9.92. The molecule has 94 valence electrons. The van der Waals surface area contributed by atoms with E-state index in [9.17, 15) is 4.79 Å². The zero-order chi connectivity index (χ0) is 12.3. The Morgan fingerprint density at radius 2 is 2.12 bits per heavy atom. The normalized spacial score (nSPS) is 22.2. The van der Waals surface area contributed by atoms with Gasteiger partial charge in [0.2, 0.25) is 5.91 Å². The predicted octanol–water partition coefficient (Wildman–Crippen LogP) is 0.742. The molecule has 1 heterocycles. The molecule has 0 radical (unpaired) electrons. The molecular formula is C12H25N3O. The van der Waals surface area contributed by atoms with Crippen LogP contribution in [0.25, 0.3) is 0 Å². The number of carbonyl (C=O) groups is 1. The molecule has 1 unspecified atom stereocenters. The van der Waals surface area contributed by atoms with Crippen molar-refractivity contribution >= 4 is 5.91 Å². The molecule has 1 fully saturated rings. The Labute approximate surface area is 99.0 Å². The van der Waals surface area contributed by atoms with Crippen LogP contribution in [0.2, 0.25) is 0 Å². The Kier molecular flexibility index (Phi) is 4.33. The van der Waals surface area contributed by atoms with Gasteiger partial charge < -0.3 is 9.80 Å². The first-order valence-electron chi connectivity index (χ1n) is 6.03. The van der Waals surface area contributed by atoms with Crippen molar-refractivity contribution in [3.63, 3.8) is 0 Å². The smallest absolute Gasteiger partial charge is 0.237 e. The van der Waals surface area contributed by atoms with Gasteiger partial charge in [-0.2, -0.15) is 0 Å². The van der Waals surface area contributed by atoms with Gasteiger partial charge in [0.05, 0.1) is 12.7 Å². The van der Waals surface area contributed by atoms with Gasteiger partial charge >= 0.3 is 0 Å². The first-order valence-corrected chi connectivity index (χ1v) is 6.03. The average Bonchev–Trinajstić information content (AvgIpc) is 2.45. The lowest BCUT2D eigenvalue weighted by Gasteiger charge is -2.35. The molecule has 1 amide bonds. The zero-order valence-corrected chi connectivity index (χ0v) is 11.2. The molecule has 1 aliphatic heterocycles. The lowest BCUT2D eigenvalue weighted by molar-refractivity contribution is -0.129. The number of hydrogen-bond donors (Lipinski definition) is 1. The van der Waals surface area contributed by atoms with Crippen LogP contribution in [-0.4, -0.2) is 55.6 Å². The molecule has 1 rings (SSSR count). The molecule has 0 spiro atoms. The summed E-state index contributed by atoms with van der Waals surface area (Å²) in [5.74, 6) is 0.235. The Bertz CT molecular complexity index is 251. The highest BCUT2D eigenvalue weighted by Gasteiger charge is 2.33. The lowest BCUT2D eigenvalue weighted by Crippen LogP contribution is -2.45. The highest BCUT2D eigenvalue weighted by Crippen LogP contribution is 2.21. The Morgan fingerprint density at radius 3 is 2.62 bits per heavy atom. The van der Waals surface area contributed by atoms with Crippen molar-refractivity contribution in [3.05, 3.63) is 0 Å². The number of nitrogens with one attached hydrogen (secondary N) is 1. The molecule has 4 nitrogen and oxygen atoms in total. The SMILES string of the molecule is CCC1NCC(=O)N1CC(C)(C)CN(C)C. The summed E-state index contributed by atoms with van der Waals surface area (Å²) in [6, 6.07) is 0. The Morgan fingerprint density at radius 1 is 1.50 bits per heavy atom. The van der Waals surface area contributed by atoms with Crippen LogP contribution >= 0.6 is 0 Å². The summed E-state index contributed by atoms with van der Waals surface area (Å²) in [5, 5.41) is 3.24. The predicted molar refractivity (Wildman–Crippen MR) is 66.1 cm³/mol. The van der Waals surface area contributed by atoms with E-state index in [2.05, 4.69) is 45.1 Å². The van der Waals surface area contributed by atoms with Crippen LogP contribution in [0.3, 0.4) is 0 Å². The van der Waals surface area contributed by atoms with E-state index in [1.165, 1.54) is 0 Å². The van der Waals surface area contributed by atoms with Gasteiger partial charge in [0.1, 0.15) is 0 Å². The number of hydrogen-bond acceptors (Lipinski definition) is 3. The minimum Gasteiger partial charge on any atom is -0.325 e. The van der Waals surface area contributed by atoms with E-state index in [0.29, 0.717) is 6.54 Å². The van der Waals surface area contributed by atoms with Crippen LogP contribution in [-0.2, 0) is 4.79 Å². The molecule has 16 heavy (non-hydrogen) atoms. The first-order chi connectivity index (χ1) is 7.35. The quantitative estimate of drug-likeness (QED) is 0.752. The maximum Gasteiger partial charge on any atom is 0.237 e. The third kappa shape index (κ3) is 3.46.